The molecule has 0 bridgehead atoms. The van der Waals surface area contributed by atoms with Gasteiger partial charge < -0.3 is 5.11 Å². The summed E-state index contributed by atoms with van der Waals surface area (Å²) >= 11 is 13.0. The third-order valence-corrected chi connectivity index (χ3v) is 6.37. The number of carboxylic acids is 1. The quantitative estimate of drug-likeness (QED) is 0.202. The molecule has 1 amide bonds. The molecule has 0 saturated carbocycles. The third kappa shape index (κ3) is 9.02. The van der Waals surface area contributed by atoms with Crippen LogP contribution in [0.25, 0.3) is 6.08 Å². The van der Waals surface area contributed by atoms with Crippen molar-refractivity contribution in [3.05, 3.63) is 51.9 Å². The average molecular weight is 466 g/mol. The largest absolute Gasteiger partial charge is 0.481 e. The minimum atomic E-state index is -0.713. The Morgan fingerprint density at radius 3 is 2.27 bits per heavy atom. The molecule has 1 aliphatic rings. The maximum Gasteiger partial charge on any atom is 0.303 e. The Morgan fingerprint density at radius 2 is 1.63 bits per heavy atom. The zero-order valence-electron chi connectivity index (χ0n) is 17.0. The number of carbonyl (C=O) groups is 2. The minimum absolute atomic E-state index is 0.0666. The van der Waals surface area contributed by atoms with Crippen LogP contribution in [0.4, 0.5) is 0 Å². The molecule has 7 heteroatoms. The van der Waals surface area contributed by atoms with Gasteiger partial charge in [0.1, 0.15) is 4.32 Å². The molecule has 0 atom stereocenters. The highest BCUT2D eigenvalue weighted by Crippen LogP contribution is 2.33. The molecule has 1 aromatic rings. The average Bonchev–Trinajstić information content (AvgIpc) is 2.96. The molecule has 0 unspecified atom stereocenters. The lowest BCUT2D eigenvalue weighted by molar-refractivity contribution is -0.137. The van der Waals surface area contributed by atoms with E-state index >= 15 is 0 Å². The Bertz CT molecular complexity index is 793. The second kappa shape index (κ2) is 13.6. The van der Waals surface area contributed by atoms with Crippen molar-refractivity contribution in [3.8, 4) is 0 Å². The molecule has 4 nitrogen and oxygen atoms in total. The standard InChI is InChI=1S/C23H28ClNO3S2/c24-19(16-18-12-8-7-9-13-18)17-20-22(28)25(23(29)30-20)15-11-6-4-2-1-3-5-10-14-21(26)27/h7-9,12-13,16-17H,1-6,10-11,14-15H2,(H,26,27)/b19-16-,20-17-. The van der Waals surface area contributed by atoms with E-state index in [2.05, 4.69) is 0 Å². The van der Waals surface area contributed by atoms with Gasteiger partial charge in [0.25, 0.3) is 5.91 Å². The Labute approximate surface area is 193 Å². The van der Waals surface area contributed by atoms with Crippen molar-refractivity contribution in [1.82, 2.24) is 4.90 Å². The van der Waals surface area contributed by atoms with Crippen molar-refractivity contribution in [3.63, 3.8) is 0 Å². The molecule has 0 aromatic heterocycles. The molecular weight excluding hydrogens is 438 g/mol. The lowest BCUT2D eigenvalue weighted by Gasteiger charge is -2.14. The molecule has 1 saturated heterocycles. The Morgan fingerprint density at radius 1 is 1.03 bits per heavy atom. The maximum atomic E-state index is 12.6. The number of rotatable bonds is 13. The highest BCUT2D eigenvalue weighted by molar-refractivity contribution is 8.26. The SMILES string of the molecule is O=C(O)CCCCCCCCCCN1C(=O)/C(=C/C(Cl)=C/c2ccccc2)SC1=S. The van der Waals surface area contributed by atoms with Crippen LogP contribution < -0.4 is 0 Å². The Hall–Kier alpha value is -1.63. The highest BCUT2D eigenvalue weighted by Gasteiger charge is 2.31. The van der Waals surface area contributed by atoms with Crippen LogP contribution in [-0.2, 0) is 9.59 Å². The van der Waals surface area contributed by atoms with Crippen molar-refractivity contribution < 1.29 is 14.7 Å². The van der Waals surface area contributed by atoms with Crippen LogP contribution in [0.3, 0.4) is 0 Å². The van der Waals surface area contributed by atoms with Crippen molar-refractivity contribution in [2.45, 2.75) is 57.8 Å². The normalized spacial score (nSPS) is 16.0. The van der Waals surface area contributed by atoms with Gasteiger partial charge in [-0.3, -0.25) is 14.5 Å². The van der Waals surface area contributed by atoms with E-state index in [1.165, 1.54) is 11.8 Å². The van der Waals surface area contributed by atoms with Crippen LogP contribution in [0.1, 0.15) is 63.4 Å². The number of thioether (sulfide) groups is 1. The number of unbranched alkanes of at least 4 members (excludes halogenated alkanes) is 7. The summed E-state index contributed by atoms with van der Waals surface area (Å²) in [6, 6.07) is 9.73. The predicted octanol–water partition coefficient (Wildman–Crippen LogP) is 6.61. The number of halogens is 1. The summed E-state index contributed by atoms with van der Waals surface area (Å²) in [5.41, 5.74) is 0.983. The molecule has 30 heavy (non-hydrogen) atoms. The molecule has 1 N–H and O–H groups in total. The summed E-state index contributed by atoms with van der Waals surface area (Å²) in [5, 5.41) is 9.11. The fraction of sp³-hybridized carbons (Fsp3) is 0.435. The number of amides is 1. The minimum Gasteiger partial charge on any atom is -0.481 e. The number of aliphatic carboxylic acids is 1. The first-order valence-corrected chi connectivity index (χ1v) is 12.0. The van der Waals surface area contributed by atoms with E-state index in [0.717, 1.165) is 56.9 Å². The lowest BCUT2D eigenvalue weighted by atomic mass is 10.1. The smallest absolute Gasteiger partial charge is 0.303 e. The zero-order valence-corrected chi connectivity index (χ0v) is 19.4. The molecule has 1 fully saturated rings. The molecule has 0 spiro atoms. The number of hydrogen-bond donors (Lipinski definition) is 1. The first-order valence-electron chi connectivity index (χ1n) is 10.4. The highest BCUT2D eigenvalue weighted by atomic mass is 35.5. The molecular formula is C23H28ClNO3S2. The van der Waals surface area contributed by atoms with Gasteiger partial charge in [0.2, 0.25) is 0 Å². The van der Waals surface area contributed by atoms with Crippen LogP contribution in [0.15, 0.2) is 46.3 Å². The topological polar surface area (TPSA) is 57.6 Å². The van der Waals surface area contributed by atoms with Gasteiger partial charge in [-0.2, -0.15) is 0 Å². The van der Waals surface area contributed by atoms with Gasteiger partial charge in [-0.25, -0.2) is 0 Å². The number of thiocarbonyl (C=S) groups is 1. The first-order chi connectivity index (χ1) is 14.5. The van der Waals surface area contributed by atoms with Crippen LogP contribution in [0, 0.1) is 0 Å². The van der Waals surface area contributed by atoms with E-state index in [1.54, 1.807) is 11.0 Å². The number of carbonyl (C=O) groups excluding carboxylic acids is 1. The van der Waals surface area contributed by atoms with Gasteiger partial charge in [0.05, 0.1) is 4.91 Å². The number of nitrogens with zero attached hydrogens (tertiary/aromatic N) is 1. The van der Waals surface area contributed by atoms with Gasteiger partial charge in [0, 0.05) is 18.0 Å². The van der Waals surface area contributed by atoms with Crippen LogP contribution in [0.2, 0.25) is 0 Å². The van der Waals surface area contributed by atoms with E-state index in [4.69, 9.17) is 28.9 Å². The lowest BCUT2D eigenvalue weighted by Crippen LogP contribution is -2.29. The van der Waals surface area contributed by atoms with E-state index in [9.17, 15) is 9.59 Å². The number of carboxylic acid groups (broad SMARTS) is 1. The second-order valence-corrected chi connectivity index (χ2v) is 9.36. The van der Waals surface area contributed by atoms with Gasteiger partial charge in [-0.1, -0.05) is 104 Å². The molecule has 0 aliphatic carbocycles. The maximum absolute atomic E-state index is 12.6. The van der Waals surface area contributed by atoms with Gasteiger partial charge in [-0.05, 0) is 30.6 Å². The number of allylic oxidation sites excluding steroid dienone is 2. The molecule has 1 heterocycles. The van der Waals surface area contributed by atoms with E-state index in [-0.39, 0.29) is 12.3 Å². The molecule has 2 rings (SSSR count). The van der Waals surface area contributed by atoms with Crippen molar-refractivity contribution in [1.29, 1.82) is 0 Å². The van der Waals surface area contributed by atoms with Crippen LogP contribution in [-0.4, -0.2) is 32.7 Å². The van der Waals surface area contributed by atoms with Gasteiger partial charge in [0.15, 0.2) is 0 Å². The van der Waals surface area contributed by atoms with E-state index in [0.29, 0.717) is 20.8 Å². The molecule has 1 aromatic carbocycles. The Balaban J connectivity index is 1.67. The fourth-order valence-corrected chi connectivity index (χ4v) is 4.77. The summed E-state index contributed by atoms with van der Waals surface area (Å²) in [6.45, 7) is 0.640. The summed E-state index contributed by atoms with van der Waals surface area (Å²) in [5.74, 6) is -0.780. The van der Waals surface area contributed by atoms with Crippen LogP contribution >= 0.6 is 35.6 Å². The van der Waals surface area contributed by atoms with Crippen molar-refractivity contribution in [2.75, 3.05) is 6.54 Å². The third-order valence-electron chi connectivity index (χ3n) is 4.77. The van der Waals surface area contributed by atoms with E-state index < -0.39 is 5.97 Å². The predicted molar refractivity (Wildman–Crippen MR) is 129 cm³/mol. The fourth-order valence-electron chi connectivity index (χ4n) is 3.17. The molecule has 1 aliphatic heterocycles. The van der Waals surface area contributed by atoms with Crippen molar-refractivity contribution in [2.24, 2.45) is 0 Å². The molecule has 162 valence electrons. The number of benzene rings is 1. The van der Waals surface area contributed by atoms with E-state index in [1.807, 2.05) is 36.4 Å². The summed E-state index contributed by atoms with van der Waals surface area (Å²) in [6.07, 6.45) is 12.0. The summed E-state index contributed by atoms with van der Waals surface area (Å²) < 4.78 is 0.592. The monoisotopic (exact) mass is 465 g/mol. The van der Waals surface area contributed by atoms with Gasteiger partial charge in [-0.15, -0.1) is 0 Å². The summed E-state index contributed by atoms with van der Waals surface area (Å²) in [7, 11) is 0. The van der Waals surface area contributed by atoms with Crippen LogP contribution in [0.5, 0.6) is 0 Å². The molecule has 0 radical (unpaired) electrons. The van der Waals surface area contributed by atoms with Crippen molar-refractivity contribution >= 4 is 57.9 Å². The zero-order chi connectivity index (χ0) is 21.8. The summed E-state index contributed by atoms with van der Waals surface area (Å²) in [4.78, 5) is 25.3. The van der Waals surface area contributed by atoms with Gasteiger partial charge >= 0.3 is 5.97 Å². The first kappa shape index (κ1) is 24.6. The Kier molecular flexibility index (Phi) is 11.2. The number of hydrogen-bond acceptors (Lipinski definition) is 4. The second-order valence-electron chi connectivity index (χ2n) is 7.25.